The van der Waals surface area contributed by atoms with E-state index in [1.165, 1.54) is 96.3 Å². The van der Waals surface area contributed by atoms with E-state index in [1.54, 1.807) is 0 Å². The first-order chi connectivity index (χ1) is 34.0. The fourth-order valence-corrected chi connectivity index (χ4v) is 8.29. The molecular weight excluding hydrogens is 851 g/mol. The predicted octanol–water partition coefficient (Wildman–Crippen LogP) is 18.1. The number of nitrogens with one attached hydrogen (secondary N) is 1. The van der Waals surface area contributed by atoms with Crippen molar-refractivity contribution in [2.45, 2.75) is 283 Å². The number of unbranched alkanes of at least 4 members (excludes halogenated alkanes) is 23. The lowest BCUT2D eigenvalue weighted by molar-refractivity contribution is -0.151. The van der Waals surface area contributed by atoms with Crippen LogP contribution < -0.4 is 5.32 Å². The summed E-state index contributed by atoms with van der Waals surface area (Å²) in [5.74, 6) is -0.535. The van der Waals surface area contributed by atoms with Crippen LogP contribution in [0.1, 0.15) is 265 Å². The van der Waals surface area contributed by atoms with Crippen molar-refractivity contribution in [2.75, 3.05) is 6.61 Å². The first-order valence-corrected chi connectivity index (χ1v) is 29.0. The normalized spacial score (nSPS) is 13.9. The van der Waals surface area contributed by atoms with Crippen LogP contribution >= 0.6 is 0 Å². The highest BCUT2D eigenvalue weighted by Gasteiger charge is 2.24. The minimum atomic E-state index is -0.806. The number of carbonyl (C=O) groups excluding carboxylic acids is 2. The standard InChI is InChI=1S/C63H109NO5/c1-4-7-10-13-16-19-22-25-28-30-31-33-35-38-41-44-47-50-53-56-63(68)69-59(54-51-48-45-42-39-36-34-32-29-26-23-20-17-14-11-8-5-2)57-62(67)64-60(58-65)61(66)55-52-49-46-43-40-37-27-24-21-18-15-12-9-6-3/h7,10,16-17,19-20,25-26,28-29,31,33-34,36,38,41,59-61,65-66H,4-6,8-9,11-15,18,21-24,27,30,32,35,37,39-40,42-58H2,1-3H3,(H,64,67)/b10-7-,19-16-,20-17-,28-25-,29-26-,33-31-,36-34-,41-38-. The second kappa shape index (κ2) is 55.7. The first kappa shape index (κ1) is 65.8. The van der Waals surface area contributed by atoms with Crippen molar-refractivity contribution in [2.24, 2.45) is 0 Å². The Kier molecular flexibility index (Phi) is 53.1. The number of rotatable bonds is 51. The fourth-order valence-electron chi connectivity index (χ4n) is 8.29. The number of hydrogen-bond donors (Lipinski definition) is 3. The lowest BCUT2D eigenvalue weighted by Gasteiger charge is -2.24. The van der Waals surface area contributed by atoms with Crippen LogP contribution in [0.15, 0.2) is 97.2 Å². The maximum absolute atomic E-state index is 13.3. The van der Waals surface area contributed by atoms with Crippen LogP contribution in [-0.4, -0.2) is 46.9 Å². The molecule has 396 valence electrons. The summed E-state index contributed by atoms with van der Waals surface area (Å²) >= 11 is 0. The number of aliphatic hydroxyl groups excluding tert-OH is 2. The molecule has 0 aliphatic rings. The number of hydrogen-bond acceptors (Lipinski definition) is 5. The maximum Gasteiger partial charge on any atom is 0.306 e. The summed E-state index contributed by atoms with van der Waals surface area (Å²) in [6.45, 7) is 6.34. The van der Waals surface area contributed by atoms with Crippen molar-refractivity contribution in [1.82, 2.24) is 5.32 Å². The van der Waals surface area contributed by atoms with Gasteiger partial charge in [0.25, 0.3) is 0 Å². The second-order valence-electron chi connectivity index (χ2n) is 19.3. The molecule has 0 saturated heterocycles. The van der Waals surface area contributed by atoms with Gasteiger partial charge in [0.2, 0.25) is 5.91 Å². The molecule has 0 bridgehead atoms. The average Bonchev–Trinajstić information content (AvgIpc) is 3.34. The van der Waals surface area contributed by atoms with Gasteiger partial charge in [-0.05, 0) is 109 Å². The van der Waals surface area contributed by atoms with Crippen LogP contribution in [0.2, 0.25) is 0 Å². The molecule has 0 aromatic rings. The van der Waals surface area contributed by atoms with Gasteiger partial charge >= 0.3 is 5.97 Å². The number of ether oxygens (including phenoxy) is 1. The lowest BCUT2D eigenvalue weighted by atomic mass is 10.0. The van der Waals surface area contributed by atoms with Gasteiger partial charge in [0, 0.05) is 6.42 Å². The Morgan fingerprint density at radius 2 is 0.783 bits per heavy atom. The number of esters is 1. The molecule has 6 nitrogen and oxygen atoms in total. The molecule has 3 N–H and O–H groups in total. The van der Waals surface area contributed by atoms with Gasteiger partial charge in [-0.1, -0.05) is 240 Å². The molecule has 0 spiro atoms. The summed E-state index contributed by atoms with van der Waals surface area (Å²) in [7, 11) is 0. The molecule has 69 heavy (non-hydrogen) atoms. The van der Waals surface area contributed by atoms with Crippen LogP contribution in [0, 0.1) is 0 Å². The average molecular weight is 961 g/mol. The van der Waals surface area contributed by atoms with E-state index < -0.39 is 18.2 Å². The van der Waals surface area contributed by atoms with Gasteiger partial charge in [0.05, 0.1) is 25.2 Å². The van der Waals surface area contributed by atoms with Crippen molar-refractivity contribution in [1.29, 1.82) is 0 Å². The lowest BCUT2D eigenvalue weighted by Crippen LogP contribution is -2.46. The maximum atomic E-state index is 13.3. The summed E-state index contributed by atoms with van der Waals surface area (Å²) in [5, 5.41) is 23.9. The smallest absolute Gasteiger partial charge is 0.306 e. The molecule has 0 fully saturated rings. The Balaban J connectivity index is 4.70. The van der Waals surface area contributed by atoms with Crippen molar-refractivity contribution < 1.29 is 24.5 Å². The van der Waals surface area contributed by atoms with Crippen molar-refractivity contribution in [3.63, 3.8) is 0 Å². The molecule has 3 unspecified atom stereocenters. The zero-order chi connectivity index (χ0) is 50.2. The third-order valence-corrected chi connectivity index (χ3v) is 12.6. The molecule has 0 aromatic heterocycles. The van der Waals surface area contributed by atoms with Gasteiger partial charge in [0.15, 0.2) is 0 Å². The fraction of sp³-hybridized carbons (Fsp3) is 0.714. The highest BCUT2D eigenvalue weighted by molar-refractivity contribution is 5.77. The zero-order valence-corrected chi connectivity index (χ0v) is 45.2. The Labute approximate surface area is 426 Å². The molecule has 0 heterocycles. The molecule has 1 amide bonds. The molecule has 0 aliphatic carbocycles. The van der Waals surface area contributed by atoms with Crippen LogP contribution in [0.5, 0.6) is 0 Å². The Morgan fingerprint density at radius 3 is 1.22 bits per heavy atom. The van der Waals surface area contributed by atoms with Crippen LogP contribution in [0.25, 0.3) is 0 Å². The molecule has 0 saturated carbocycles. The minimum absolute atomic E-state index is 0.0444. The van der Waals surface area contributed by atoms with Gasteiger partial charge in [-0.25, -0.2) is 0 Å². The topological polar surface area (TPSA) is 95.9 Å². The number of amides is 1. The quantitative estimate of drug-likeness (QED) is 0.0321. The minimum Gasteiger partial charge on any atom is -0.462 e. The van der Waals surface area contributed by atoms with E-state index in [0.717, 1.165) is 122 Å². The number of carbonyl (C=O) groups is 2. The third-order valence-electron chi connectivity index (χ3n) is 12.6. The van der Waals surface area contributed by atoms with Gasteiger partial charge < -0.3 is 20.3 Å². The highest BCUT2D eigenvalue weighted by Crippen LogP contribution is 2.17. The van der Waals surface area contributed by atoms with Crippen LogP contribution in [-0.2, 0) is 14.3 Å². The van der Waals surface area contributed by atoms with E-state index in [9.17, 15) is 19.8 Å². The van der Waals surface area contributed by atoms with Crippen molar-refractivity contribution >= 4 is 11.9 Å². The Bertz CT molecular complexity index is 1350. The van der Waals surface area contributed by atoms with Crippen molar-refractivity contribution in [3.8, 4) is 0 Å². The molecule has 3 atom stereocenters. The number of allylic oxidation sites excluding steroid dienone is 16. The monoisotopic (exact) mass is 960 g/mol. The van der Waals surface area contributed by atoms with Crippen LogP contribution in [0.4, 0.5) is 0 Å². The Hall–Kier alpha value is -3.22. The summed E-state index contributed by atoms with van der Waals surface area (Å²) in [6, 6.07) is -0.723. The van der Waals surface area contributed by atoms with E-state index in [2.05, 4.69) is 123 Å². The molecule has 0 aliphatic heterocycles. The van der Waals surface area contributed by atoms with E-state index >= 15 is 0 Å². The molecule has 0 radical (unpaired) electrons. The van der Waals surface area contributed by atoms with E-state index in [0.29, 0.717) is 19.3 Å². The summed E-state index contributed by atoms with van der Waals surface area (Å²) in [5.41, 5.74) is 0. The van der Waals surface area contributed by atoms with Gasteiger partial charge in [-0.2, -0.15) is 0 Å². The van der Waals surface area contributed by atoms with Crippen molar-refractivity contribution in [3.05, 3.63) is 97.2 Å². The first-order valence-electron chi connectivity index (χ1n) is 29.0. The predicted molar refractivity (Wildman–Crippen MR) is 300 cm³/mol. The molecule has 6 heteroatoms. The number of aliphatic hydroxyl groups is 2. The summed E-state index contributed by atoms with van der Waals surface area (Å²) in [6.07, 6.45) is 74.6. The third kappa shape index (κ3) is 51.0. The summed E-state index contributed by atoms with van der Waals surface area (Å²) < 4.78 is 5.94. The molecule has 0 aromatic carbocycles. The second-order valence-corrected chi connectivity index (χ2v) is 19.3. The van der Waals surface area contributed by atoms with Gasteiger partial charge in [0.1, 0.15) is 6.10 Å². The van der Waals surface area contributed by atoms with Gasteiger partial charge in [-0.3, -0.25) is 9.59 Å². The van der Waals surface area contributed by atoms with Crippen LogP contribution in [0.3, 0.4) is 0 Å². The van der Waals surface area contributed by atoms with E-state index in [4.69, 9.17) is 4.74 Å². The molecular formula is C63H109NO5. The zero-order valence-electron chi connectivity index (χ0n) is 45.2. The largest absolute Gasteiger partial charge is 0.462 e. The van der Waals surface area contributed by atoms with E-state index in [1.807, 2.05) is 0 Å². The summed E-state index contributed by atoms with van der Waals surface area (Å²) in [4.78, 5) is 26.3. The highest BCUT2D eigenvalue weighted by atomic mass is 16.5. The molecule has 0 rings (SSSR count). The Morgan fingerprint density at radius 1 is 0.435 bits per heavy atom. The SMILES string of the molecule is CC/C=C\C/C=C\C/C=C\C/C=C\C/C=C\CCCCCC(=O)OC(CCCCCC/C=C\C/C=C\C/C=C\CCCCC)CC(=O)NC(CO)C(O)CCCCCCCCCCCCCCCC. The van der Waals surface area contributed by atoms with E-state index in [-0.39, 0.29) is 24.9 Å². The van der Waals surface area contributed by atoms with Gasteiger partial charge in [-0.15, -0.1) is 0 Å².